The molecule has 0 aromatic carbocycles. The fraction of sp³-hybridized carbons (Fsp3) is 0.500. The minimum Gasteiger partial charge on any atom is -0.370 e. The number of hydrogen-bond donors (Lipinski definition) is 2. The van der Waals surface area contributed by atoms with Crippen LogP contribution in [0.5, 0.6) is 0 Å². The Balaban J connectivity index is 2.19. The Morgan fingerprint density at radius 2 is 1.85 bits per heavy atom. The number of rotatable bonds is 6. The molecule has 2 aromatic rings. The zero-order chi connectivity index (χ0) is 14.5. The van der Waals surface area contributed by atoms with Crippen molar-refractivity contribution in [3.05, 3.63) is 28.0 Å². The van der Waals surface area contributed by atoms with E-state index >= 15 is 0 Å². The van der Waals surface area contributed by atoms with Crippen LogP contribution in [0.2, 0.25) is 0 Å². The van der Waals surface area contributed by atoms with Gasteiger partial charge in [-0.05, 0) is 19.8 Å². The summed E-state index contributed by atoms with van der Waals surface area (Å²) in [4.78, 5) is 14.2. The summed E-state index contributed by atoms with van der Waals surface area (Å²) in [6.45, 7) is 9.99. The second-order valence-electron chi connectivity index (χ2n) is 4.87. The zero-order valence-electron chi connectivity index (χ0n) is 12.4. The van der Waals surface area contributed by atoms with E-state index in [2.05, 4.69) is 46.4 Å². The molecule has 0 saturated heterocycles. The van der Waals surface area contributed by atoms with Crippen molar-refractivity contribution in [3.8, 4) is 0 Å². The van der Waals surface area contributed by atoms with Crippen LogP contribution in [0.15, 0.2) is 12.5 Å². The highest BCUT2D eigenvalue weighted by atomic mass is 32.1. The van der Waals surface area contributed by atoms with Gasteiger partial charge < -0.3 is 10.6 Å². The molecule has 5 nitrogen and oxygen atoms in total. The molecule has 2 heterocycles. The first-order chi connectivity index (χ1) is 9.61. The van der Waals surface area contributed by atoms with Gasteiger partial charge in [-0.2, -0.15) is 0 Å². The van der Waals surface area contributed by atoms with Crippen LogP contribution in [0, 0.1) is 6.92 Å². The highest BCUT2D eigenvalue weighted by Crippen LogP contribution is 2.28. The van der Waals surface area contributed by atoms with Crippen molar-refractivity contribution in [2.45, 2.75) is 40.2 Å². The van der Waals surface area contributed by atoms with Gasteiger partial charge in [0, 0.05) is 23.2 Å². The molecule has 0 aliphatic heterocycles. The van der Waals surface area contributed by atoms with Crippen LogP contribution in [0.1, 0.15) is 42.1 Å². The molecule has 2 rings (SSSR count). The summed E-state index contributed by atoms with van der Waals surface area (Å²) < 4.78 is 0. The Labute approximate surface area is 123 Å². The second-order valence-corrected chi connectivity index (χ2v) is 6.19. The monoisotopic (exact) mass is 291 g/mol. The number of hydrogen-bond acceptors (Lipinski definition) is 6. The molecule has 0 amide bonds. The lowest BCUT2D eigenvalue weighted by molar-refractivity contribution is 0.844. The number of aryl methyl sites for hydroxylation is 1. The molecule has 0 aliphatic carbocycles. The third-order valence-electron chi connectivity index (χ3n) is 2.90. The van der Waals surface area contributed by atoms with Crippen LogP contribution in [0.25, 0.3) is 0 Å². The van der Waals surface area contributed by atoms with Crippen LogP contribution in [0.3, 0.4) is 0 Å². The third-order valence-corrected chi connectivity index (χ3v) is 3.82. The summed E-state index contributed by atoms with van der Waals surface area (Å²) in [6, 6.07) is 0. The van der Waals surface area contributed by atoms with E-state index in [0.717, 1.165) is 35.3 Å². The van der Waals surface area contributed by atoms with E-state index in [-0.39, 0.29) is 0 Å². The van der Waals surface area contributed by atoms with Crippen molar-refractivity contribution in [3.63, 3.8) is 0 Å². The van der Waals surface area contributed by atoms with Gasteiger partial charge in [-0.25, -0.2) is 15.0 Å². The lowest BCUT2D eigenvalue weighted by Crippen LogP contribution is -2.10. The summed E-state index contributed by atoms with van der Waals surface area (Å²) in [7, 11) is 0. The van der Waals surface area contributed by atoms with E-state index in [1.807, 2.05) is 13.1 Å². The van der Waals surface area contributed by atoms with E-state index in [9.17, 15) is 0 Å². The van der Waals surface area contributed by atoms with Crippen molar-refractivity contribution in [1.29, 1.82) is 0 Å². The van der Waals surface area contributed by atoms with Gasteiger partial charge in [0.2, 0.25) is 0 Å². The van der Waals surface area contributed by atoms with Crippen LogP contribution < -0.4 is 10.6 Å². The Hall–Kier alpha value is -1.69. The first-order valence-electron chi connectivity index (χ1n) is 6.85. The van der Waals surface area contributed by atoms with Crippen LogP contribution in [-0.4, -0.2) is 21.5 Å². The molecule has 0 radical (unpaired) electrons. The number of thiazole rings is 1. The smallest absolute Gasteiger partial charge is 0.135 e. The predicted octanol–water partition coefficient (Wildman–Crippen LogP) is 3.41. The molecule has 0 saturated carbocycles. The first-order valence-corrected chi connectivity index (χ1v) is 7.67. The molecule has 2 N–H and O–H groups in total. The van der Waals surface area contributed by atoms with Gasteiger partial charge in [0.25, 0.3) is 0 Å². The SMILES string of the molecule is CCNc1ncnc(NCc2cnc(C)s2)c1C(C)C. The third kappa shape index (κ3) is 3.45. The summed E-state index contributed by atoms with van der Waals surface area (Å²) in [5.74, 6) is 2.17. The minimum atomic E-state index is 0.357. The van der Waals surface area contributed by atoms with E-state index < -0.39 is 0 Å². The lowest BCUT2D eigenvalue weighted by Gasteiger charge is -2.17. The predicted molar refractivity (Wildman–Crippen MR) is 84.5 cm³/mol. The number of nitrogens with zero attached hydrogens (tertiary/aromatic N) is 3. The van der Waals surface area contributed by atoms with Gasteiger partial charge in [-0.1, -0.05) is 13.8 Å². The Bertz CT molecular complexity index is 564. The lowest BCUT2D eigenvalue weighted by atomic mass is 10.0. The Morgan fingerprint density at radius 3 is 2.40 bits per heavy atom. The van der Waals surface area contributed by atoms with E-state index in [4.69, 9.17) is 0 Å². The molecule has 2 aromatic heterocycles. The number of aromatic nitrogens is 3. The van der Waals surface area contributed by atoms with Gasteiger partial charge >= 0.3 is 0 Å². The highest BCUT2D eigenvalue weighted by Gasteiger charge is 2.14. The zero-order valence-corrected chi connectivity index (χ0v) is 13.2. The average molecular weight is 291 g/mol. The fourth-order valence-corrected chi connectivity index (χ4v) is 2.78. The van der Waals surface area contributed by atoms with Gasteiger partial charge in [-0.15, -0.1) is 11.3 Å². The van der Waals surface area contributed by atoms with Gasteiger partial charge in [0.15, 0.2) is 0 Å². The summed E-state index contributed by atoms with van der Waals surface area (Å²) in [6.07, 6.45) is 3.51. The van der Waals surface area contributed by atoms with Crippen LogP contribution in [0.4, 0.5) is 11.6 Å². The van der Waals surface area contributed by atoms with E-state index in [1.54, 1.807) is 17.7 Å². The van der Waals surface area contributed by atoms with Gasteiger partial charge in [-0.3, -0.25) is 0 Å². The first kappa shape index (κ1) is 14.7. The summed E-state index contributed by atoms with van der Waals surface area (Å²) >= 11 is 1.70. The average Bonchev–Trinajstić information content (AvgIpc) is 2.82. The normalized spacial score (nSPS) is 10.8. The minimum absolute atomic E-state index is 0.357. The Kier molecular flexibility index (Phi) is 4.89. The molecule has 0 bridgehead atoms. The molecular weight excluding hydrogens is 270 g/mol. The fourth-order valence-electron chi connectivity index (χ4n) is 2.05. The molecule has 0 unspecified atom stereocenters. The van der Waals surface area contributed by atoms with Crippen LogP contribution in [-0.2, 0) is 6.54 Å². The molecule has 108 valence electrons. The molecule has 6 heteroatoms. The maximum Gasteiger partial charge on any atom is 0.135 e. The van der Waals surface area contributed by atoms with Crippen molar-refractivity contribution >= 4 is 23.0 Å². The van der Waals surface area contributed by atoms with Gasteiger partial charge in [0.1, 0.15) is 18.0 Å². The molecule has 0 atom stereocenters. The van der Waals surface area contributed by atoms with E-state index in [0.29, 0.717) is 5.92 Å². The van der Waals surface area contributed by atoms with Crippen molar-refractivity contribution in [2.75, 3.05) is 17.2 Å². The van der Waals surface area contributed by atoms with Crippen molar-refractivity contribution in [2.24, 2.45) is 0 Å². The molecule has 20 heavy (non-hydrogen) atoms. The van der Waals surface area contributed by atoms with Gasteiger partial charge in [0.05, 0.1) is 11.6 Å². The Morgan fingerprint density at radius 1 is 1.15 bits per heavy atom. The van der Waals surface area contributed by atoms with E-state index in [1.165, 1.54) is 4.88 Å². The molecule has 0 aliphatic rings. The topological polar surface area (TPSA) is 62.7 Å². The highest BCUT2D eigenvalue weighted by molar-refractivity contribution is 7.11. The van der Waals surface area contributed by atoms with Crippen molar-refractivity contribution in [1.82, 2.24) is 15.0 Å². The summed E-state index contributed by atoms with van der Waals surface area (Å²) in [5.41, 5.74) is 1.13. The van der Waals surface area contributed by atoms with Crippen LogP contribution >= 0.6 is 11.3 Å². The molecule has 0 spiro atoms. The standard InChI is InChI=1S/C14H21N5S/c1-5-15-13-12(9(2)3)14(19-8-18-13)17-7-11-6-16-10(4)20-11/h6,8-9H,5,7H2,1-4H3,(H2,15,17,18,19). The maximum atomic E-state index is 4.39. The quantitative estimate of drug-likeness (QED) is 0.854. The second kappa shape index (κ2) is 6.65. The summed E-state index contributed by atoms with van der Waals surface area (Å²) in [5, 5.41) is 7.79. The molecular formula is C14H21N5S. The number of nitrogens with one attached hydrogen (secondary N) is 2. The largest absolute Gasteiger partial charge is 0.370 e. The number of anilines is 2. The maximum absolute atomic E-state index is 4.39. The van der Waals surface area contributed by atoms with Crippen molar-refractivity contribution < 1.29 is 0 Å². The molecule has 0 fully saturated rings.